The van der Waals surface area contributed by atoms with Gasteiger partial charge in [0.1, 0.15) is 0 Å². The van der Waals surface area contributed by atoms with Crippen molar-refractivity contribution >= 4 is 31.5 Å². The van der Waals surface area contributed by atoms with E-state index in [9.17, 15) is 0 Å². The van der Waals surface area contributed by atoms with Crippen LogP contribution in [0.5, 0.6) is 0 Å². The molecular weight excluding hydrogens is 199 g/mol. The average Bonchev–Trinajstić information content (AvgIpc) is 2.08. The third-order valence-corrected chi connectivity index (χ3v) is 7.75. The molecule has 4 heteroatoms. The fourth-order valence-corrected chi connectivity index (χ4v) is 4.62. The van der Waals surface area contributed by atoms with E-state index in [0.717, 1.165) is 19.1 Å². The van der Waals surface area contributed by atoms with Gasteiger partial charge in [0.05, 0.1) is 0 Å². The van der Waals surface area contributed by atoms with E-state index in [4.69, 9.17) is 27.6 Å². The van der Waals surface area contributed by atoms with Crippen molar-refractivity contribution < 1.29 is 4.43 Å². The summed E-state index contributed by atoms with van der Waals surface area (Å²) in [5.74, 6) is 0. The molecule has 68 valence electrons. The van der Waals surface area contributed by atoms with Gasteiger partial charge in [-0.15, -0.1) is 23.2 Å². The van der Waals surface area contributed by atoms with Gasteiger partial charge >= 0.3 is 0 Å². The molecule has 0 aromatic heterocycles. The Bertz CT molecular complexity index is 88.2. The third-order valence-electron chi connectivity index (χ3n) is 1.74. The van der Waals surface area contributed by atoms with Crippen LogP contribution in [0.15, 0.2) is 0 Å². The van der Waals surface area contributed by atoms with Gasteiger partial charge < -0.3 is 4.43 Å². The summed E-state index contributed by atoms with van der Waals surface area (Å²) in [5, 5.41) is 0. The highest BCUT2D eigenvalue weighted by molar-refractivity contribution is 6.84. The van der Waals surface area contributed by atoms with Crippen LogP contribution in [-0.2, 0) is 4.43 Å². The zero-order chi connectivity index (χ0) is 8.74. The van der Waals surface area contributed by atoms with E-state index in [-0.39, 0.29) is 0 Å². The number of alkyl halides is 2. The second-order valence-electron chi connectivity index (χ2n) is 2.65. The molecule has 0 aromatic rings. The second-order valence-corrected chi connectivity index (χ2v) is 8.15. The minimum absolute atomic E-state index is 0.618. The largest absolute Gasteiger partial charge is 0.414 e. The summed E-state index contributed by atoms with van der Waals surface area (Å²) in [6.45, 7) is 5.00. The van der Waals surface area contributed by atoms with Crippen LogP contribution in [0.1, 0.15) is 20.3 Å². The monoisotopic (exact) mass is 214 g/mol. The normalized spacial score (nSPS) is 12.0. The molecule has 11 heavy (non-hydrogen) atoms. The van der Waals surface area contributed by atoms with Gasteiger partial charge in [-0.25, -0.2) is 0 Å². The molecular formula is C7H16Cl2OSi. The topological polar surface area (TPSA) is 9.23 Å². The van der Waals surface area contributed by atoms with Crippen LogP contribution in [0.3, 0.4) is 0 Å². The number of hydrogen-bond donors (Lipinski definition) is 0. The SMILES string of the molecule is CCCO[Si](CC)(CCl)CCl. The molecule has 0 unspecified atom stereocenters. The minimum Gasteiger partial charge on any atom is -0.414 e. The predicted molar refractivity (Wildman–Crippen MR) is 53.9 cm³/mol. The lowest BCUT2D eigenvalue weighted by Gasteiger charge is -2.25. The van der Waals surface area contributed by atoms with Crippen LogP contribution in [0.25, 0.3) is 0 Å². The quantitative estimate of drug-likeness (QED) is 0.489. The van der Waals surface area contributed by atoms with Crippen LogP contribution in [0.2, 0.25) is 6.04 Å². The summed E-state index contributed by atoms with van der Waals surface area (Å²) in [6.07, 6.45) is 1.04. The van der Waals surface area contributed by atoms with Crippen molar-refractivity contribution in [3.63, 3.8) is 0 Å². The van der Waals surface area contributed by atoms with Gasteiger partial charge in [0.2, 0.25) is 8.32 Å². The van der Waals surface area contributed by atoms with Crippen molar-refractivity contribution in [2.75, 3.05) is 17.6 Å². The van der Waals surface area contributed by atoms with E-state index < -0.39 is 8.32 Å². The molecule has 0 aliphatic heterocycles. The standard InChI is InChI=1S/C7H16Cl2OSi/c1-3-5-10-11(4-2,6-8)7-9/h3-7H2,1-2H3. The number of halogens is 2. The lowest BCUT2D eigenvalue weighted by molar-refractivity contribution is 0.305. The van der Waals surface area contributed by atoms with Gasteiger partial charge in [-0.1, -0.05) is 13.8 Å². The molecule has 0 fully saturated rings. The second kappa shape index (κ2) is 6.29. The molecule has 0 saturated carbocycles. The summed E-state index contributed by atoms with van der Waals surface area (Å²) in [7, 11) is -1.71. The molecule has 0 saturated heterocycles. The van der Waals surface area contributed by atoms with E-state index in [2.05, 4.69) is 13.8 Å². The van der Waals surface area contributed by atoms with Crippen molar-refractivity contribution in [2.24, 2.45) is 0 Å². The van der Waals surface area contributed by atoms with Crippen molar-refractivity contribution in [2.45, 2.75) is 26.3 Å². The van der Waals surface area contributed by atoms with Gasteiger partial charge in [-0.2, -0.15) is 0 Å². The highest BCUT2D eigenvalue weighted by atomic mass is 35.5. The Morgan fingerprint density at radius 1 is 1.18 bits per heavy atom. The Balaban J connectivity index is 3.84. The first-order chi connectivity index (χ1) is 5.24. The molecule has 0 spiro atoms. The average molecular weight is 215 g/mol. The Labute approximate surface area is 80.2 Å². The lowest BCUT2D eigenvalue weighted by Crippen LogP contribution is -2.43. The maximum absolute atomic E-state index is 5.81. The Kier molecular flexibility index (Phi) is 6.73. The molecule has 0 N–H and O–H groups in total. The molecule has 0 bridgehead atoms. The first-order valence-electron chi connectivity index (χ1n) is 4.00. The van der Waals surface area contributed by atoms with Crippen LogP contribution in [-0.4, -0.2) is 25.9 Å². The van der Waals surface area contributed by atoms with Gasteiger partial charge in [0.25, 0.3) is 0 Å². The van der Waals surface area contributed by atoms with E-state index in [1.165, 1.54) is 0 Å². The maximum atomic E-state index is 5.81. The third kappa shape index (κ3) is 3.79. The molecule has 0 heterocycles. The predicted octanol–water partition coefficient (Wildman–Crippen LogP) is 2.93. The first-order valence-corrected chi connectivity index (χ1v) is 7.60. The molecule has 0 radical (unpaired) electrons. The highest BCUT2D eigenvalue weighted by Gasteiger charge is 2.30. The van der Waals surface area contributed by atoms with Crippen molar-refractivity contribution in [1.82, 2.24) is 0 Å². The van der Waals surface area contributed by atoms with Crippen LogP contribution < -0.4 is 0 Å². The van der Waals surface area contributed by atoms with Gasteiger partial charge in [-0.3, -0.25) is 0 Å². The van der Waals surface area contributed by atoms with Gasteiger partial charge in [0, 0.05) is 17.6 Å². The summed E-state index contributed by atoms with van der Waals surface area (Å²) >= 11 is 11.6. The van der Waals surface area contributed by atoms with E-state index >= 15 is 0 Å². The molecule has 0 aliphatic rings. The van der Waals surface area contributed by atoms with E-state index in [1.807, 2.05) is 0 Å². The van der Waals surface area contributed by atoms with Gasteiger partial charge in [-0.05, 0) is 12.5 Å². The summed E-state index contributed by atoms with van der Waals surface area (Å²) in [5.41, 5.74) is 1.24. The van der Waals surface area contributed by atoms with Crippen LogP contribution in [0, 0.1) is 0 Å². The fourth-order valence-electron chi connectivity index (χ4n) is 0.722. The van der Waals surface area contributed by atoms with Crippen molar-refractivity contribution in [3.8, 4) is 0 Å². The molecule has 1 nitrogen and oxygen atoms in total. The fraction of sp³-hybridized carbons (Fsp3) is 1.00. The van der Waals surface area contributed by atoms with Gasteiger partial charge in [0.15, 0.2) is 0 Å². The Hall–Kier alpha value is 0.757. The number of hydrogen-bond acceptors (Lipinski definition) is 1. The van der Waals surface area contributed by atoms with Crippen LogP contribution in [0.4, 0.5) is 0 Å². The smallest absolute Gasteiger partial charge is 0.221 e. The zero-order valence-electron chi connectivity index (χ0n) is 7.20. The van der Waals surface area contributed by atoms with E-state index in [1.54, 1.807) is 0 Å². The Morgan fingerprint density at radius 3 is 2.00 bits per heavy atom. The van der Waals surface area contributed by atoms with Crippen molar-refractivity contribution in [1.29, 1.82) is 0 Å². The van der Waals surface area contributed by atoms with E-state index in [0.29, 0.717) is 11.0 Å². The maximum Gasteiger partial charge on any atom is 0.221 e. The zero-order valence-corrected chi connectivity index (χ0v) is 9.71. The summed E-state index contributed by atoms with van der Waals surface area (Å²) < 4.78 is 5.70. The number of rotatable bonds is 6. The minimum atomic E-state index is -1.71. The van der Waals surface area contributed by atoms with Crippen LogP contribution >= 0.6 is 23.2 Å². The molecule has 0 amide bonds. The molecule has 0 aliphatic carbocycles. The molecule has 0 rings (SSSR count). The Morgan fingerprint density at radius 2 is 1.73 bits per heavy atom. The molecule has 0 aromatic carbocycles. The highest BCUT2D eigenvalue weighted by Crippen LogP contribution is 2.15. The summed E-state index contributed by atoms with van der Waals surface area (Å²) in [6, 6.07) is 1.01. The molecule has 0 atom stereocenters. The first kappa shape index (κ1) is 11.8. The lowest BCUT2D eigenvalue weighted by atomic mass is 10.5. The van der Waals surface area contributed by atoms with Crippen molar-refractivity contribution in [3.05, 3.63) is 0 Å². The summed E-state index contributed by atoms with van der Waals surface area (Å²) in [4.78, 5) is 0.